The maximum atomic E-state index is 12.8. The molecule has 4 rings (SSSR count). The highest BCUT2D eigenvalue weighted by molar-refractivity contribution is 5.75. The molecule has 3 atom stereocenters. The molecule has 0 bridgehead atoms. The molecule has 0 saturated carbocycles. The quantitative estimate of drug-likeness (QED) is 0.469. The third-order valence-corrected chi connectivity index (χ3v) is 5.96. The van der Waals surface area contributed by atoms with Gasteiger partial charge in [0.1, 0.15) is 11.7 Å². The summed E-state index contributed by atoms with van der Waals surface area (Å²) >= 11 is 0. The number of cyclic esters (lactones) is 1. The smallest absolute Gasteiger partial charge is 0.408 e. The van der Waals surface area contributed by atoms with E-state index in [1.54, 1.807) is 6.20 Å². The molecular weight excluding hydrogens is 440 g/mol. The van der Waals surface area contributed by atoms with Crippen LogP contribution in [0.25, 0.3) is 11.3 Å². The number of ether oxygens (including phenoxy) is 2. The average molecular weight is 473 g/mol. The second kappa shape index (κ2) is 10.7. The molecule has 1 aliphatic heterocycles. The molecule has 0 spiro atoms. The van der Waals surface area contributed by atoms with E-state index in [0.29, 0.717) is 19.3 Å². The molecule has 3 aromatic rings. The number of amides is 1. The highest BCUT2D eigenvalue weighted by Crippen LogP contribution is 2.29. The monoisotopic (exact) mass is 472 g/mol. The summed E-state index contributed by atoms with van der Waals surface area (Å²) in [6.45, 7) is 5.47. The van der Waals surface area contributed by atoms with Gasteiger partial charge < -0.3 is 14.8 Å². The molecule has 2 aromatic carbocycles. The van der Waals surface area contributed by atoms with Gasteiger partial charge in [0.05, 0.1) is 17.7 Å². The molecule has 0 radical (unpaired) electrons. The molecule has 0 aliphatic carbocycles. The number of pyridine rings is 1. The van der Waals surface area contributed by atoms with Gasteiger partial charge in [0.2, 0.25) is 0 Å². The zero-order valence-corrected chi connectivity index (χ0v) is 20.4. The van der Waals surface area contributed by atoms with E-state index < -0.39 is 17.8 Å². The SMILES string of the molecule is CC(C)(C)OC(=O)N[C@@H](Cc1ccccc1)[C@@H]1C[C@@H](Cc2ccc(-c3ccccn3)cc2)C(=O)O1. The first-order valence-corrected chi connectivity index (χ1v) is 12.0. The van der Waals surface area contributed by atoms with E-state index in [-0.39, 0.29) is 17.9 Å². The van der Waals surface area contributed by atoms with Crippen LogP contribution in [0.3, 0.4) is 0 Å². The van der Waals surface area contributed by atoms with Crippen LogP contribution in [0.2, 0.25) is 0 Å². The Morgan fingerprint density at radius 3 is 2.40 bits per heavy atom. The molecule has 1 amide bonds. The number of rotatable bonds is 7. The summed E-state index contributed by atoms with van der Waals surface area (Å²) in [6.07, 6.45) is 2.51. The van der Waals surface area contributed by atoms with Crippen molar-refractivity contribution in [2.24, 2.45) is 5.92 Å². The number of nitrogens with zero attached hydrogens (tertiary/aromatic N) is 1. The lowest BCUT2D eigenvalue weighted by Crippen LogP contribution is -2.46. The molecular formula is C29H32N2O4. The molecule has 6 nitrogen and oxygen atoms in total. The topological polar surface area (TPSA) is 77.5 Å². The number of aromatic nitrogens is 1. The summed E-state index contributed by atoms with van der Waals surface area (Å²) in [6, 6.07) is 23.4. The van der Waals surface area contributed by atoms with Crippen LogP contribution in [0.4, 0.5) is 4.79 Å². The largest absolute Gasteiger partial charge is 0.460 e. The van der Waals surface area contributed by atoms with Crippen LogP contribution in [0.1, 0.15) is 38.3 Å². The van der Waals surface area contributed by atoms with Crippen LogP contribution in [0, 0.1) is 5.92 Å². The first-order valence-electron chi connectivity index (χ1n) is 12.0. The van der Waals surface area contributed by atoms with Crippen molar-refractivity contribution in [3.8, 4) is 11.3 Å². The minimum absolute atomic E-state index is 0.229. The Morgan fingerprint density at radius 1 is 1.03 bits per heavy atom. The van der Waals surface area contributed by atoms with Crippen molar-refractivity contribution in [3.63, 3.8) is 0 Å². The third-order valence-electron chi connectivity index (χ3n) is 5.96. The number of hydrogen-bond acceptors (Lipinski definition) is 5. The molecule has 1 N–H and O–H groups in total. The van der Waals surface area contributed by atoms with E-state index in [0.717, 1.165) is 22.4 Å². The Kier molecular flexibility index (Phi) is 7.49. The minimum atomic E-state index is -0.613. The van der Waals surface area contributed by atoms with Gasteiger partial charge in [-0.25, -0.2) is 4.79 Å². The van der Waals surface area contributed by atoms with Crippen molar-refractivity contribution in [1.29, 1.82) is 0 Å². The van der Waals surface area contributed by atoms with Gasteiger partial charge in [-0.1, -0.05) is 60.7 Å². The van der Waals surface area contributed by atoms with Crippen LogP contribution >= 0.6 is 0 Å². The molecule has 1 fully saturated rings. The van der Waals surface area contributed by atoms with Gasteiger partial charge in [0, 0.05) is 18.2 Å². The number of hydrogen-bond donors (Lipinski definition) is 1. The first-order chi connectivity index (χ1) is 16.8. The molecule has 2 heterocycles. The zero-order chi connectivity index (χ0) is 24.8. The normalized spacial score (nSPS) is 18.5. The lowest BCUT2D eigenvalue weighted by molar-refractivity contribution is -0.145. The predicted molar refractivity (Wildman–Crippen MR) is 135 cm³/mol. The van der Waals surface area contributed by atoms with Crippen LogP contribution in [0.15, 0.2) is 79.0 Å². The summed E-state index contributed by atoms with van der Waals surface area (Å²) in [5.41, 5.74) is 3.45. The molecule has 1 saturated heterocycles. The summed E-state index contributed by atoms with van der Waals surface area (Å²) < 4.78 is 11.3. The second-order valence-electron chi connectivity index (χ2n) is 9.97. The molecule has 0 unspecified atom stereocenters. The maximum absolute atomic E-state index is 12.8. The van der Waals surface area contributed by atoms with E-state index in [1.807, 2.05) is 93.6 Å². The van der Waals surface area contributed by atoms with Gasteiger partial charge in [-0.2, -0.15) is 0 Å². The van der Waals surface area contributed by atoms with Crippen LogP contribution in [0.5, 0.6) is 0 Å². The molecule has 1 aliphatic rings. The summed E-state index contributed by atoms with van der Waals surface area (Å²) in [4.78, 5) is 29.7. The van der Waals surface area contributed by atoms with Crippen molar-refractivity contribution >= 4 is 12.1 Å². The Morgan fingerprint density at radius 2 is 1.74 bits per heavy atom. The van der Waals surface area contributed by atoms with Gasteiger partial charge in [-0.05, 0) is 56.9 Å². The fraction of sp³-hybridized carbons (Fsp3) is 0.345. The van der Waals surface area contributed by atoms with Gasteiger partial charge in [-0.3, -0.25) is 9.78 Å². The standard InChI is InChI=1S/C29H32N2O4/c1-29(2,3)35-28(33)31-25(18-20-9-5-4-6-10-20)26-19-23(27(32)34-26)17-21-12-14-22(15-13-21)24-11-7-8-16-30-24/h4-16,23,25-26H,17-19H2,1-3H3,(H,31,33)/t23-,25+,26+/m1/s1. The Hall–Kier alpha value is -3.67. The van der Waals surface area contributed by atoms with Crippen molar-refractivity contribution in [3.05, 3.63) is 90.1 Å². The van der Waals surface area contributed by atoms with Crippen molar-refractivity contribution in [1.82, 2.24) is 10.3 Å². The van der Waals surface area contributed by atoms with E-state index >= 15 is 0 Å². The number of benzene rings is 2. The van der Waals surface area contributed by atoms with Crippen molar-refractivity contribution in [2.45, 2.75) is 57.8 Å². The average Bonchev–Trinajstić information content (AvgIpc) is 3.19. The fourth-order valence-electron chi connectivity index (χ4n) is 4.32. The highest BCUT2D eigenvalue weighted by Gasteiger charge is 2.40. The number of alkyl carbamates (subject to hydrolysis) is 1. The molecule has 35 heavy (non-hydrogen) atoms. The number of carbonyl (C=O) groups is 2. The first kappa shape index (κ1) is 24.5. The Bertz CT molecular complexity index is 1120. The van der Waals surface area contributed by atoms with E-state index in [4.69, 9.17) is 9.47 Å². The second-order valence-corrected chi connectivity index (χ2v) is 9.97. The minimum Gasteiger partial charge on any atom is -0.460 e. The molecule has 6 heteroatoms. The summed E-state index contributed by atoms with van der Waals surface area (Å²) in [5.74, 6) is -0.493. The van der Waals surface area contributed by atoms with Gasteiger partial charge in [-0.15, -0.1) is 0 Å². The van der Waals surface area contributed by atoms with Gasteiger partial charge in [0.25, 0.3) is 0 Å². The number of carbonyl (C=O) groups excluding carboxylic acids is 2. The Labute approximate surface area is 206 Å². The maximum Gasteiger partial charge on any atom is 0.408 e. The molecule has 1 aromatic heterocycles. The van der Waals surface area contributed by atoms with Gasteiger partial charge >= 0.3 is 12.1 Å². The van der Waals surface area contributed by atoms with E-state index in [2.05, 4.69) is 10.3 Å². The van der Waals surface area contributed by atoms with Gasteiger partial charge in [0.15, 0.2) is 0 Å². The predicted octanol–water partition coefficient (Wildman–Crippen LogP) is 5.36. The van der Waals surface area contributed by atoms with E-state index in [1.165, 1.54) is 0 Å². The van der Waals surface area contributed by atoms with E-state index in [9.17, 15) is 9.59 Å². The van der Waals surface area contributed by atoms with Crippen LogP contribution in [-0.4, -0.2) is 34.8 Å². The summed E-state index contributed by atoms with van der Waals surface area (Å²) in [5, 5.41) is 2.95. The van der Waals surface area contributed by atoms with Crippen molar-refractivity contribution in [2.75, 3.05) is 0 Å². The van der Waals surface area contributed by atoms with Crippen LogP contribution < -0.4 is 5.32 Å². The van der Waals surface area contributed by atoms with Crippen molar-refractivity contribution < 1.29 is 19.1 Å². The highest BCUT2D eigenvalue weighted by atomic mass is 16.6. The number of esters is 1. The lowest BCUT2D eigenvalue weighted by Gasteiger charge is -2.26. The number of nitrogens with one attached hydrogen (secondary N) is 1. The van der Waals surface area contributed by atoms with Crippen LogP contribution in [-0.2, 0) is 27.1 Å². The molecule has 182 valence electrons. The lowest BCUT2D eigenvalue weighted by atomic mass is 9.91. The fourth-order valence-corrected chi connectivity index (χ4v) is 4.32. The third kappa shape index (κ3) is 6.92. The zero-order valence-electron chi connectivity index (χ0n) is 20.4. The summed E-state index contributed by atoms with van der Waals surface area (Å²) in [7, 11) is 0. The Balaban J connectivity index is 1.43.